The summed E-state index contributed by atoms with van der Waals surface area (Å²) in [6, 6.07) is 5.66. The van der Waals surface area contributed by atoms with Gasteiger partial charge < -0.3 is 20.7 Å². The van der Waals surface area contributed by atoms with E-state index in [0.29, 0.717) is 0 Å². The molecule has 20 heavy (non-hydrogen) atoms. The molecular weight excluding hydrogens is 254 g/mol. The fourth-order valence-corrected chi connectivity index (χ4v) is 2.59. The van der Waals surface area contributed by atoms with Gasteiger partial charge in [-0.1, -0.05) is 0 Å². The molecule has 0 spiro atoms. The average Bonchev–Trinajstić information content (AvgIpc) is 2.49. The minimum absolute atomic E-state index is 0.0368. The van der Waals surface area contributed by atoms with Crippen LogP contribution in [0.2, 0.25) is 0 Å². The van der Waals surface area contributed by atoms with Crippen molar-refractivity contribution in [3.8, 4) is 5.75 Å². The van der Waals surface area contributed by atoms with Crippen LogP contribution in [-0.4, -0.2) is 38.7 Å². The molecule has 5 heteroatoms. The van der Waals surface area contributed by atoms with Gasteiger partial charge in [-0.05, 0) is 63.7 Å². The predicted molar refractivity (Wildman–Crippen MR) is 80.3 cm³/mol. The van der Waals surface area contributed by atoms with Crippen molar-refractivity contribution in [3.63, 3.8) is 0 Å². The molecule has 0 saturated carbocycles. The van der Waals surface area contributed by atoms with Crippen LogP contribution in [0.1, 0.15) is 18.4 Å². The topological polar surface area (TPSA) is 62.4 Å². The number of hydrogen-bond donors (Lipinski definition) is 3. The van der Waals surface area contributed by atoms with Crippen LogP contribution in [0.25, 0.3) is 0 Å². The largest absolute Gasteiger partial charge is 0.497 e. The Labute approximate surface area is 120 Å². The molecule has 0 atom stereocenters. The molecule has 1 heterocycles. The van der Waals surface area contributed by atoms with Gasteiger partial charge in [-0.3, -0.25) is 4.79 Å². The number of methoxy groups -OCH3 is 1. The van der Waals surface area contributed by atoms with E-state index in [4.69, 9.17) is 4.74 Å². The number of carbonyl (C=O) groups is 1. The minimum Gasteiger partial charge on any atom is -0.497 e. The SMILES string of the molecule is CNC1(C(=O)Nc2ccc(OC)cc2C)CCNCC1. The van der Waals surface area contributed by atoms with Gasteiger partial charge in [0.25, 0.3) is 0 Å². The lowest BCUT2D eigenvalue weighted by molar-refractivity contribution is -0.123. The van der Waals surface area contributed by atoms with Gasteiger partial charge >= 0.3 is 0 Å². The van der Waals surface area contributed by atoms with Crippen molar-refractivity contribution in [3.05, 3.63) is 23.8 Å². The number of ether oxygens (including phenoxy) is 1. The van der Waals surface area contributed by atoms with Gasteiger partial charge in [-0.25, -0.2) is 0 Å². The van der Waals surface area contributed by atoms with Crippen molar-refractivity contribution in [1.82, 2.24) is 10.6 Å². The third-order valence-electron chi connectivity index (χ3n) is 4.05. The molecule has 1 amide bonds. The fraction of sp³-hybridized carbons (Fsp3) is 0.533. The van der Waals surface area contributed by atoms with Crippen molar-refractivity contribution in [1.29, 1.82) is 0 Å². The summed E-state index contributed by atoms with van der Waals surface area (Å²) in [5.41, 5.74) is 1.36. The second kappa shape index (κ2) is 6.24. The summed E-state index contributed by atoms with van der Waals surface area (Å²) in [7, 11) is 3.49. The molecule has 110 valence electrons. The summed E-state index contributed by atoms with van der Waals surface area (Å²) < 4.78 is 5.18. The zero-order valence-electron chi connectivity index (χ0n) is 12.4. The summed E-state index contributed by atoms with van der Waals surface area (Å²) >= 11 is 0. The summed E-state index contributed by atoms with van der Waals surface area (Å²) in [4.78, 5) is 12.6. The third kappa shape index (κ3) is 2.94. The molecule has 0 radical (unpaired) electrons. The van der Waals surface area contributed by atoms with Crippen molar-refractivity contribution in [2.24, 2.45) is 0 Å². The monoisotopic (exact) mass is 277 g/mol. The number of nitrogens with one attached hydrogen (secondary N) is 3. The Morgan fingerprint density at radius 2 is 2.05 bits per heavy atom. The van der Waals surface area contributed by atoms with Crippen LogP contribution in [0.5, 0.6) is 5.75 Å². The Hall–Kier alpha value is -1.59. The number of aryl methyl sites for hydroxylation is 1. The summed E-state index contributed by atoms with van der Waals surface area (Å²) in [6.07, 6.45) is 1.59. The fourth-order valence-electron chi connectivity index (χ4n) is 2.59. The van der Waals surface area contributed by atoms with Crippen LogP contribution in [0.3, 0.4) is 0 Å². The lowest BCUT2D eigenvalue weighted by atomic mass is 9.87. The Kier molecular flexibility index (Phi) is 4.62. The number of carbonyl (C=O) groups excluding carboxylic acids is 1. The molecule has 3 N–H and O–H groups in total. The van der Waals surface area contributed by atoms with Crippen LogP contribution in [0, 0.1) is 6.92 Å². The van der Waals surface area contributed by atoms with Crippen LogP contribution >= 0.6 is 0 Å². The Morgan fingerprint density at radius 1 is 1.35 bits per heavy atom. The van der Waals surface area contributed by atoms with Crippen molar-refractivity contribution < 1.29 is 9.53 Å². The molecule has 1 aromatic carbocycles. The number of hydrogen-bond acceptors (Lipinski definition) is 4. The van der Waals surface area contributed by atoms with E-state index in [1.807, 2.05) is 32.2 Å². The molecule has 1 fully saturated rings. The average molecular weight is 277 g/mol. The van der Waals surface area contributed by atoms with E-state index in [0.717, 1.165) is 42.9 Å². The first kappa shape index (κ1) is 14.8. The molecule has 1 aromatic rings. The molecular formula is C15H23N3O2. The van der Waals surface area contributed by atoms with Gasteiger partial charge in [-0.2, -0.15) is 0 Å². The van der Waals surface area contributed by atoms with Gasteiger partial charge in [0, 0.05) is 5.69 Å². The Bertz CT molecular complexity index is 482. The first-order valence-electron chi connectivity index (χ1n) is 6.97. The van der Waals surface area contributed by atoms with E-state index in [2.05, 4.69) is 16.0 Å². The smallest absolute Gasteiger partial charge is 0.244 e. The van der Waals surface area contributed by atoms with Gasteiger partial charge in [0.1, 0.15) is 11.3 Å². The van der Waals surface area contributed by atoms with Gasteiger partial charge in [0.2, 0.25) is 5.91 Å². The zero-order chi connectivity index (χ0) is 14.6. The van der Waals surface area contributed by atoms with Gasteiger partial charge in [0.15, 0.2) is 0 Å². The van der Waals surface area contributed by atoms with E-state index < -0.39 is 5.54 Å². The maximum atomic E-state index is 12.6. The summed E-state index contributed by atoms with van der Waals surface area (Å²) in [6.45, 7) is 3.68. The maximum absolute atomic E-state index is 12.6. The second-order valence-corrected chi connectivity index (χ2v) is 5.22. The Morgan fingerprint density at radius 3 is 2.60 bits per heavy atom. The number of likely N-dealkylation sites (N-methyl/N-ethyl adjacent to an activating group) is 1. The van der Waals surface area contributed by atoms with E-state index in [1.165, 1.54) is 0 Å². The minimum atomic E-state index is -0.475. The standard InChI is InChI=1S/C15H23N3O2/c1-11-10-12(20-3)4-5-13(11)18-14(19)15(16-2)6-8-17-9-7-15/h4-5,10,16-17H,6-9H2,1-3H3,(H,18,19). The zero-order valence-corrected chi connectivity index (χ0v) is 12.4. The summed E-state index contributed by atoms with van der Waals surface area (Å²) in [5.74, 6) is 0.834. The normalized spacial score (nSPS) is 17.6. The van der Waals surface area contributed by atoms with Crippen molar-refractivity contribution in [2.75, 3.05) is 32.6 Å². The number of anilines is 1. The highest BCUT2D eigenvalue weighted by molar-refractivity contribution is 5.98. The first-order valence-corrected chi connectivity index (χ1v) is 6.97. The van der Waals surface area contributed by atoms with Crippen LogP contribution in [0.4, 0.5) is 5.69 Å². The summed E-state index contributed by atoms with van der Waals surface area (Å²) in [5, 5.41) is 9.52. The third-order valence-corrected chi connectivity index (χ3v) is 4.05. The van der Waals surface area contributed by atoms with Crippen LogP contribution < -0.4 is 20.7 Å². The van der Waals surface area contributed by atoms with Crippen molar-refractivity contribution >= 4 is 11.6 Å². The Balaban J connectivity index is 2.14. The highest BCUT2D eigenvalue weighted by Gasteiger charge is 2.38. The lowest BCUT2D eigenvalue weighted by Gasteiger charge is -2.36. The molecule has 0 unspecified atom stereocenters. The molecule has 0 bridgehead atoms. The van der Waals surface area contributed by atoms with E-state index in [9.17, 15) is 4.79 Å². The van der Waals surface area contributed by atoms with Gasteiger partial charge in [0.05, 0.1) is 7.11 Å². The number of benzene rings is 1. The van der Waals surface area contributed by atoms with E-state index in [1.54, 1.807) is 7.11 Å². The number of piperidine rings is 1. The second-order valence-electron chi connectivity index (χ2n) is 5.22. The molecule has 1 aliphatic heterocycles. The number of amides is 1. The predicted octanol–water partition coefficient (Wildman–Crippen LogP) is 1.28. The molecule has 1 aliphatic rings. The highest BCUT2D eigenvalue weighted by atomic mass is 16.5. The van der Waals surface area contributed by atoms with Gasteiger partial charge in [-0.15, -0.1) is 0 Å². The molecule has 2 rings (SSSR count). The van der Waals surface area contributed by atoms with E-state index >= 15 is 0 Å². The molecule has 0 aliphatic carbocycles. The highest BCUT2D eigenvalue weighted by Crippen LogP contribution is 2.24. The lowest BCUT2D eigenvalue weighted by Crippen LogP contribution is -2.58. The quantitative estimate of drug-likeness (QED) is 0.776. The van der Waals surface area contributed by atoms with Crippen LogP contribution in [0.15, 0.2) is 18.2 Å². The van der Waals surface area contributed by atoms with E-state index in [-0.39, 0.29) is 5.91 Å². The van der Waals surface area contributed by atoms with Crippen molar-refractivity contribution in [2.45, 2.75) is 25.3 Å². The first-order chi connectivity index (χ1) is 9.61. The number of rotatable bonds is 4. The molecule has 0 aromatic heterocycles. The molecule has 5 nitrogen and oxygen atoms in total. The molecule has 1 saturated heterocycles. The van der Waals surface area contributed by atoms with Crippen LogP contribution in [-0.2, 0) is 4.79 Å². The maximum Gasteiger partial charge on any atom is 0.244 e.